The highest BCUT2D eigenvalue weighted by Crippen LogP contribution is 2.30. The number of hydrogen-bond donors (Lipinski definition) is 3. The average molecular weight is 405 g/mol. The number of carbonyl (C=O) groups excluding carboxylic acids is 2. The van der Waals surface area contributed by atoms with Gasteiger partial charge in [0.2, 0.25) is 10.0 Å². The van der Waals surface area contributed by atoms with Crippen LogP contribution in [0.1, 0.15) is 5.56 Å². The molecule has 0 fully saturated rings. The maximum Gasteiger partial charge on any atom is 0.309 e. The van der Waals surface area contributed by atoms with Crippen LogP contribution in [0.3, 0.4) is 0 Å². The first-order valence-electron chi connectivity index (χ1n) is 8.39. The molecule has 9 nitrogen and oxygen atoms in total. The van der Waals surface area contributed by atoms with Gasteiger partial charge in [-0.1, -0.05) is 24.3 Å². The number of nitrogens with two attached hydrogens (primary N) is 1. The molecule has 1 unspecified atom stereocenters. The summed E-state index contributed by atoms with van der Waals surface area (Å²) in [5.41, 5.74) is 0.620. The van der Waals surface area contributed by atoms with E-state index in [0.717, 1.165) is 0 Å². The molecule has 1 aliphatic heterocycles. The lowest BCUT2D eigenvalue weighted by Crippen LogP contribution is -2.45. The predicted octanol–water partition coefficient (Wildman–Crippen LogP) is -0.0936. The van der Waals surface area contributed by atoms with E-state index in [2.05, 4.69) is 10.6 Å². The van der Waals surface area contributed by atoms with Crippen LogP contribution in [0.5, 0.6) is 11.5 Å². The van der Waals surface area contributed by atoms with Crippen molar-refractivity contribution in [3.8, 4) is 11.5 Å². The highest BCUT2D eigenvalue weighted by atomic mass is 32.2. The van der Waals surface area contributed by atoms with Gasteiger partial charge in [-0.2, -0.15) is 0 Å². The normalized spacial score (nSPS) is 15.5. The Labute approximate surface area is 161 Å². The van der Waals surface area contributed by atoms with E-state index in [9.17, 15) is 18.0 Å². The molecule has 0 spiro atoms. The summed E-state index contributed by atoms with van der Waals surface area (Å²) in [6.07, 6.45) is -0.405. The number of para-hydroxylation sites is 2. The second-order valence-electron chi connectivity index (χ2n) is 6.08. The van der Waals surface area contributed by atoms with E-state index in [0.29, 0.717) is 17.1 Å². The van der Waals surface area contributed by atoms with Crippen LogP contribution in [0, 0.1) is 0 Å². The minimum atomic E-state index is -3.77. The minimum Gasteiger partial charge on any atom is -0.486 e. The van der Waals surface area contributed by atoms with Gasteiger partial charge in [0.1, 0.15) is 12.7 Å². The van der Waals surface area contributed by atoms with Gasteiger partial charge >= 0.3 is 11.8 Å². The number of primary sulfonamides is 1. The summed E-state index contributed by atoms with van der Waals surface area (Å²) in [5, 5.41) is 9.97. The maximum absolute atomic E-state index is 11.9. The molecule has 0 radical (unpaired) electrons. The highest BCUT2D eigenvalue weighted by molar-refractivity contribution is 7.89. The van der Waals surface area contributed by atoms with Gasteiger partial charge in [0.15, 0.2) is 11.5 Å². The van der Waals surface area contributed by atoms with Crippen molar-refractivity contribution in [3.05, 3.63) is 54.1 Å². The summed E-state index contributed by atoms with van der Waals surface area (Å²) < 4.78 is 33.7. The summed E-state index contributed by atoms with van der Waals surface area (Å²) in [5.74, 6) is -0.395. The molecular formula is C18H19N3O6S. The van der Waals surface area contributed by atoms with E-state index in [1.54, 1.807) is 12.1 Å². The van der Waals surface area contributed by atoms with E-state index < -0.39 is 27.9 Å². The number of fused-ring (bicyclic) bond motifs is 1. The third kappa shape index (κ3) is 4.99. The molecule has 1 heterocycles. The van der Waals surface area contributed by atoms with Crippen LogP contribution < -0.4 is 25.2 Å². The topological polar surface area (TPSA) is 137 Å². The molecular weight excluding hydrogens is 386 g/mol. The first-order valence-corrected chi connectivity index (χ1v) is 9.94. The number of ether oxygens (including phenoxy) is 2. The number of amides is 2. The van der Waals surface area contributed by atoms with Crippen molar-refractivity contribution in [1.29, 1.82) is 0 Å². The van der Waals surface area contributed by atoms with Gasteiger partial charge in [-0.15, -0.1) is 0 Å². The fraction of sp³-hybridized carbons (Fsp3) is 0.222. The van der Waals surface area contributed by atoms with Crippen LogP contribution in [0.25, 0.3) is 0 Å². The van der Waals surface area contributed by atoms with Crippen LogP contribution in [-0.4, -0.2) is 39.5 Å². The number of hydrogen-bond acceptors (Lipinski definition) is 6. The fourth-order valence-corrected chi connectivity index (χ4v) is 3.03. The van der Waals surface area contributed by atoms with Crippen molar-refractivity contribution in [2.24, 2.45) is 5.14 Å². The highest BCUT2D eigenvalue weighted by Gasteiger charge is 2.22. The second-order valence-corrected chi connectivity index (χ2v) is 7.64. The Hall–Kier alpha value is -3.11. The Morgan fingerprint density at radius 1 is 1.00 bits per heavy atom. The monoisotopic (exact) mass is 405 g/mol. The van der Waals surface area contributed by atoms with Crippen LogP contribution in [0.4, 0.5) is 0 Å². The Morgan fingerprint density at radius 2 is 1.64 bits per heavy atom. The van der Waals surface area contributed by atoms with Crippen molar-refractivity contribution < 1.29 is 27.5 Å². The fourth-order valence-electron chi connectivity index (χ4n) is 2.51. The van der Waals surface area contributed by atoms with Gasteiger partial charge in [0.05, 0.1) is 11.4 Å². The number of nitrogens with one attached hydrogen (secondary N) is 2. The van der Waals surface area contributed by atoms with Gasteiger partial charge in [-0.05, 0) is 29.8 Å². The molecule has 2 aromatic carbocycles. The second kappa shape index (κ2) is 8.28. The molecule has 0 bridgehead atoms. The third-order valence-electron chi connectivity index (χ3n) is 3.97. The van der Waals surface area contributed by atoms with Crippen LogP contribution in [-0.2, 0) is 26.2 Å². The maximum atomic E-state index is 11.9. The molecule has 148 valence electrons. The summed E-state index contributed by atoms with van der Waals surface area (Å²) >= 11 is 0. The smallest absolute Gasteiger partial charge is 0.309 e. The van der Waals surface area contributed by atoms with Crippen molar-refractivity contribution in [1.82, 2.24) is 10.6 Å². The standard InChI is InChI=1S/C18H19N3O6S/c19-28(24,25)14-7-5-12(6-8-14)9-20-17(22)18(23)21-10-13-11-26-15-3-1-2-4-16(15)27-13/h1-8,13H,9-11H2,(H,20,22)(H,21,23)(H2,19,24,25). The van der Waals surface area contributed by atoms with Gasteiger partial charge < -0.3 is 20.1 Å². The summed E-state index contributed by atoms with van der Waals surface area (Å²) in [7, 11) is -3.77. The molecule has 3 rings (SSSR count). The molecule has 0 aliphatic carbocycles. The molecule has 28 heavy (non-hydrogen) atoms. The zero-order chi connectivity index (χ0) is 20.1. The third-order valence-corrected chi connectivity index (χ3v) is 4.90. The van der Waals surface area contributed by atoms with Gasteiger partial charge in [-0.25, -0.2) is 13.6 Å². The largest absolute Gasteiger partial charge is 0.486 e. The Balaban J connectivity index is 1.44. The lowest BCUT2D eigenvalue weighted by atomic mass is 10.2. The minimum absolute atomic E-state index is 0.0309. The molecule has 0 aromatic heterocycles. The van der Waals surface area contributed by atoms with E-state index in [-0.39, 0.29) is 24.6 Å². The molecule has 1 aliphatic rings. The molecule has 1 atom stereocenters. The van der Waals surface area contributed by atoms with E-state index in [1.165, 1.54) is 24.3 Å². The van der Waals surface area contributed by atoms with Crippen LogP contribution in [0.15, 0.2) is 53.4 Å². The molecule has 0 saturated carbocycles. The number of rotatable bonds is 5. The Morgan fingerprint density at radius 3 is 2.32 bits per heavy atom. The van der Waals surface area contributed by atoms with E-state index in [1.807, 2.05) is 12.1 Å². The van der Waals surface area contributed by atoms with Gasteiger partial charge in [0.25, 0.3) is 0 Å². The van der Waals surface area contributed by atoms with E-state index in [4.69, 9.17) is 14.6 Å². The van der Waals surface area contributed by atoms with E-state index >= 15 is 0 Å². The first-order chi connectivity index (χ1) is 13.3. The lowest BCUT2D eigenvalue weighted by molar-refractivity contribution is -0.139. The Kier molecular flexibility index (Phi) is 5.81. The zero-order valence-corrected chi connectivity index (χ0v) is 15.6. The zero-order valence-electron chi connectivity index (χ0n) is 14.8. The first kappa shape index (κ1) is 19.6. The number of carbonyl (C=O) groups is 2. The summed E-state index contributed by atoms with van der Waals surface area (Å²) in [6, 6.07) is 12.9. The van der Waals surface area contributed by atoms with Crippen LogP contribution >= 0.6 is 0 Å². The Bertz CT molecular complexity index is 975. The number of benzene rings is 2. The molecule has 2 aromatic rings. The van der Waals surface area contributed by atoms with Crippen molar-refractivity contribution in [2.45, 2.75) is 17.5 Å². The van der Waals surface area contributed by atoms with Gasteiger partial charge in [-0.3, -0.25) is 9.59 Å². The summed E-state index contributed by atoms with van der Waals surface area (Å²) in [6.45, 7) is 0.437. The molecule has 2 amide bonds. The molecule has 4 N–H and O–H groups in total. The van der Waals surface area contributed by atoms with Crippen LogP contribution in [0.2, 0.25) is 0 Å². The van der Waals surface area contributed by atoms with Crippen molar-refractivity contribution in [3.63, 3.8) is 0 Å². The average Bonchev–Trinajstić information content (AvgIpc) is 2.69. The molecule has 0 saturated heterocycles. The van der Waals surface area contributed by atoms with Crippen molar-refractivity contribution in [2.75, 3.05) is 13.2 Å². The SMILES string of the molecule is NS(=O)(=O)c1ccc(CNC(=O)C(=O)NCC2COc3ccccc3O2)cc1. The predicted molar refractivity (Wildman–Crippen MR) is 99.0 cm³/mol. The van der Waals surface area contributed by atoms with Crippen molar-refractivity contribution >= 4 is 21.8 Å². The lowest BCUT2D eigenvalue weighted by Gasteiger charge is -2.26. The van der Waals surface area contributed by atoms with Gasteiger partial charge in [0, 0.05) is 6.54 Å². The number of sulfonamides is 1. The molecule has 10 heteroatoms. The quantitative estimate of drug-likeness (QED) is 0.595. The summed E-state index contributed by atoms with van der Waals surface area (Å²) in [4.78, 5) is 23.8.